The molecule has 1 aromatic carbocycles. The molecule has 8 heteroatoms. The highest BCUT2D eigenvalue weighted by Gasteiger charge is 2.20. The molecule has 0 unspecified atom stereocenters. The summed E-state index contributed by atoms with van der Waals surface area (Å²) in [6.45, 7) is 6.40. The fourth-order valence-electron chi connectivity index (χ4n) is 3.37. The van der Waals surface area contributed by atoms with Gasteiger partial charge in [0.25, 0.3) is 5.56 Å². The molecule has 136 valence electrons. The summed E-state index contributed by atoms with van der Waals surface area (Å²) in [6.07, 6.45) is 0. The summed E-state index contributed by atoms with van der Waals surface area (Å²) < 4.78 is 7.11. The van der Waals surface area contributed by atoms with Gasteiger partial charge in [-0.1, -0.05) is 12.1 Å². The predicted octanol–water partition coefficient (Wildman–Crippen LogP) is 1.28. The van der Waals surface area contributed by atoms with Crippen LogP contribution in [0.15, 0.2) is 39.9 Å². The van der Waals surface area contributed by atoms with Crippen LogP contribution in [0.5, 0.6) is 0 Å². The number of nitrogens with one attached hydrogen (secondary N) is 1. The van der Waals surface area contributed by atoms with Gasteiger partial charge in [0, 0.05) is 56.4 Å². The number of aryl methyl sites for hydroxylation is 1. The Balaban J connectivity index is 1.39. The Bertz CT molecular complexity index is 998. The molecule has 26 heavy (non-hydrogen) atoms. The summed E-state index contributed by atoms with van der Waals surface area (Å²) in [5, 5.41) is 1.21. The van der Waals surface area contributed by atoms with Gasteiger partial charge in [0.1, 0.15) is 5.82 Å². The van der Waals surface area contributed by atoms with Gasteiger partial charge in [-0.25, -0.2) is 4.79 Å². The Morgan fingerprint density at radius 1 is 1.12 bits per heavy atom. The van der Waals surface area contributed by atoms with Crippen molar-refractivity contribution in [2.75, 3.05) is 37.6 Å². The van der Waals surface area contributed by atoms with E-state index in [0.717, 1.165) is 32.0 Å². The third-order valence-corrected chi connectivity index (χ3v) is 5.64. The Morgan fingerprint density at radius 3 is 2.65 bits per heavy atom. The number of fused-ring (bicyclic) bond motifs is 1. The lowest BCUT2D eigenvalue weighted by atomic mass is 10.2. The van der Waals surface area contributed by atoms with Crippen molar-refractivity contribution in [2.24, 2.45) is 0 Å². The number of hydrogen-bond acceptors (Lipinski definition) is 6. The molecule has 0 bridgehead atoms. The SMILES string of the molecule is Cc1cc(=O)n(CCN2CCN(c3nsc4ccccc34)CC2)c(=O)[nH]1. The molecule has 4 rings (SSSR count). The first kappa shape index (κ1) is 17.0. The van der Waals surface area contributed by atoms with Crippen LogP contribution in [0.25, 0.3) is 10.1 Å². The van der Waals surface area contributed by atoms with E-state index in [0.29, 0.717) is 18.8 Å². The van der Waals surface area contributed by atoms with Gasteiger partial charge in [-0.15, -0.1) is 0 Å². The Hall–Kier alpha value is -2.45. The molecule has 0 atom stereocenters. The molecule has 1 saturated heterocycles. The van der Waals surface area contributed by atoms with Crippen LogP contribution in [0.2, 0.25) is 0 Å². The van der Waals surface area contributed by atoms with Crippen LogP contribution in [0.1, 0.15) is 5.69 Å². The maximum absolute atomic E-state index is 12.0. The monoisotopic (exact) mass is 371 g/mol. The maximum Gasteiger partial charge on any atom is 0.328 e. The maximum atomic E-state index is 12.0. The highest BCUT2D eigenvalue weighted by Crippen LogP contribution is 2.29. The van der Waals surface area contributed by atoms with Crippen LogP contribution >= 0.6 is 11.5 Å². The number of benzene rings is 1. The van der Waals surface area contributed by atoms with E-state index in [1.807, 2.05) is 12.1 Å². The largest absolute Gasteiger partial charge is 0.353 e. The molecule has 7 nitrogen and oxygen atoms in total. The second-order valence-corrected chi connectivity index (χ2v) is 7.38. The molecule has 0 spiro atoms. The molecule has 0 amide bonds. The molecular weight excluding hydrogens is 350 g/mol. The van der Waals surface area contributed by atoms with Crippen LogP contribution < -0.4 is 16.1 Å². The number of aromatic nitrogens is 3. The molecule has 3 heterocycles. The number of anilines is 1. The first-order valence-corrected chi connectivity index (χ1v) is 9.51. The summed E-state index contributed by atoms with van der Waals surface area (Å²) >= 11 is 1.54. The lowest BCUT2D eigenvalue weighted by molar-refractivity contribution is 0.245. The van der Waals surface area contributed by atoms with Gasteiger partial charge in [0.05, 0.1) is 4.70 Å². The first-order valence-electron chi connectivity index (χ1n) is 8.74. The minimum Gasteiger partial charge on any atom is -0.353 e. The Kier molecular flexibility index (Phi) is 4.60. The zero-order valence-corrected chi connectivity index (χ0v) is 15.5. The third-order valence-electron chi connectivity index (χ3n) is 4.83. The van der Waals surface area contributed by atoms with Gasteiger partial charge in [-0.3, -0.25) is 14.3 Å². The zero-order valence-electron chi connectivity index (χ0n) is 14.6. The van der Waals surface area contributed by atoms with Crippen LogP contribution in [0.4, 0.5) is 5.82 Å². The topological polar surface area (TPSA) is 74.2 Å². The normalized spacial score (nSPS) is 15.7. The fourth-order valence-corrected chi connectivity index (χ4v) is 4.17. The lowest BCUT2D eigenvalue weighted by Gasteiger charge is -2.35. The minimum atomic E-state index is -0.331. The van der Waals surface area contributed by atoms with Gasteiger partial charge in [-0.05, 0) is 30.6 Å². The van der Waals surface area contributed by atoms with E-state index in [2.05, 4.69) is 31.3 Å². The summed E-state index contributed by atoms with van der Waals surface area (Å²) in [5.41, 5.74) is 0.0294. The first-order chi connectivity index (χ1) is 12.6. The fraction of sp³-hybridized carbons (Fsp3) is 0.389. The van der Waals surface area contributed by atoms with Crippen molar-refractivity contribution in [3.63, 3.8) is 0 Å². The van der Waals surface area contributed by atoms with Crippen molar-refractivity contribution >= 4 is 27.4 Å². The van der Waals surface area contributed by atoms with Crippen molar-refractivity contribution in [1.82, 2.24) is 18.8 Å². The number of nitrogens with zero attached hydrogens (tertiary/aromatic N) is 4. The van der Waals surface area contributed by atoms with Crippen LogP contribution in [-0.2, 0) is 6.54 Å². The molecule has 3 aromatic rings. The summed E-state index contributed by atoms with van der Waals surface area (Å²) in [7, 11) is 0. The molecule has 2 aromatic heterocycles. The van der Waals surface area contributed by atoms with E-state index < -0.39 is 0 Å². The van der Waals surface area contributed by atoms with Crippen LogP contribution in [-0.4, -0.2) is 51.5 Å². The number of piperazine rings is 1. The van der Waals surface area contributed by atoms with E-state index in [1.54, 1.807) is 6.92 Å². The van der Waals surface area contributed by atoms with E-state index in [4.69, 9.17) is 0 Å². The molecule has 1 aliphatic heterocycles. The van der Waals surface area contributed by atoms with E-state index in [1.165, 1.54) is 32.3 Å². The third kappa shape index (κ3) is 3.30. The number of rotatable bonds is 4. The molecule has 1 N–H and O–H groups in total. The number of hydrogen-bond donors (Lipinski definition) is 1. The number of aromatic amines is 1. The zero-order chi connectivity index (χ0) is 18.1. The number of H-pyrrole nitrogens is 1. The highest BCUT2D eigenvalue weighted by molar-refractivity contribution is 7.13. The van der Waals surface area contributed by atoms with Gasteiger partial charge >= 0.3 is 5.69 Å². The summed E-state index contributed by atoms with van der Waals surface area (Å²) in [5.74, 6) is 1.07. The van der Waals surface area contributed by atoms with Gasteiger partial charge in [0.15, 0.2) is 0 Å². The average molecular weight is 371 g/mol. The van der Waals surface area contributed by atoms with Crippen molar-refractivity contribution in [3.8, 4) is 0 Å². The smallest absolute Gasteiger partial charge is 0.328 e. The van der Waals surface area contributed by atoms with Gasteiger partial charge in [-0.2, -0.15) is 4.37 Å². The standard InChI is InChI=1S/C18H21N5O2S/c1-13-12-16(24)23(18(25)19-13)11-8-21-6-9-22(10-7-21)17-14-4-2-3-5-15(14)26-20-17/h2-5,12H,6-11H2,1H3,(H,19,25). The Morgan fingerprint density at radius 2 is 1.88 bits per heavy atom. The van der Waals surface area contributed by atoms with Crippen molar-refractivity contribution in [2.45, 2.75) is 13.5 Å². The van der Waals surface area contributed by atoms with E-state index in [-0.39, 0.29) is 11.2 Å². The molecule has 1 fully saturated rings. The minimum absolute atomic E-state index is 0.237. The van der Waals surface area contributed by atoms with Crippen molar-refractivity contribution in [3.05, 3.63) is 56.9 Å². The second-order valence-electron chi connectivity index (χ2n) is 6.58. The van der Waals surface area contributed by atoms with Gasteiger partial charge in [0.2, 0.25) is 0 Å². The highest BCUT2D eigenvalue weighted by atomic mass is 32.1. The van der Waals surface area contributed by atoms with Crippen molar-refractivity contribution in [1.29, 1.82) is 0 Å². The molecule has 1 aliphatic rings. The second kappa shape index (κ2) is 7.05. The van der Waals surface area contributed by atoms with Crippen molar-refractivity contribution < 1.29 is 0 Å². The van der Waals surface area contributed by atoms with Crippen LogP contribution in [0, 0.1) is 6.92 Å². The predicted molar refractivity (Wildman–Crippen MR) is 104 cm³/mol. The lowest BCUT2D eigenvalue weighted by Crippen LogP contribution is -2.48. The molecule has 0 radical (unpaired) electrons. The Labute approximate surface area is 154 Å². The molecule has 0 saturated carbocycles. The van der Waals surface area contributed by atoms with Crippen LogP contribution in [0.3, 0.4) is 0 Å². The van der Waals surface area contributed by atoms with Gasteiger partial charge < -0.3 is 9.88 Å². The van der Waals surface area contributed by atoms with E-state index in [9.17, 15) is 9.59 Å². The summed E-state index contributed by atoms with van der Waals surface area (Å²) in [6, 6.07) is 9.77. The molecular formula is C18H21N5O2S. The summed E-state index contributed by atoms with van der Waals surface area (Å²) in [4.78, 5) is 31.2. The quantitative estimate of drug-likeness (QED) is 0.748. The van der Waals surface area contributed by atoms with E-state index >= 15 is 0 Å². The average Bonchev–Trinajstić information content (AvgIpc) is 3.05. The molecule has 0 aliphatic carbocycles.